The average molecular weight is 267 g/mol. The molecule has 1 aliphatic rings. The van der Waals surface area contributed by atoms with Crippen LogP contribution in [0.4, 0.5) is 4.39 Å². The van der Waals surface area contributed by atoms with Crippen molar-refractivity contribution in [3.8, 4) is 5.75 Å². The number of benzene rings is 1. The van der Waals surface area contributed by atoms with Crippen LogP contribution in [0.15, 0.2) is 18.2 Å². The van der Waals surface area contributed by atoms with E-state index in [-0.39, 0.29) is 24.1 Å². The van der Waals surface area contributed by atoms with Crippen molar-refractivity contribution in [3.63, 3.8) is 0 Å². The summed E-state index contributed by atoms with van der Waals surface area (Å²) in [6, 6.07) is 5.04. The summed E-state index contributed by atoms with van der Waals surface area (Å²) in [5.41, 5.74) is 0.871. The zero-order chi connectivity index (χ0) is 13.7. The molecule has 1 saturated heterocycles. The normalized spacial score (nSPS) is 18.3. The Hall–Kier alpha value is -1.13. The predicted octanol–water partition coefficient (Wildman–Crippen LogP) is 2.30. The summed E-state index contributed by atoms with van der Waals surface area (Å²) in [7, 11) is 0. The maximum atomic E-state index is 13.9. The van der Waals surface area contributed by atoms with Crippen molar-refractivity contribution in [2.45, 2.75) is 25.7 Å². The summed E-state index contributed by atoms with van der Waals surface area (Å²) < 4.78 is 19.1. The fraction of sp³-hybridized carbons (Fsp3) is 0.600. The van der Waals surface area contributed by atoms with Gasteiger partial charge >= 0.3 is 0 Å². The van der Waals surface area contributed by atoms with Crippen LogP contribution in [-0.2, 0) is 0 Å². The molecule has 1 atom stereocenters. The van der Waals surface area contributed by atoms with Crippen LogP contribution in [0.3, 0.4) is 0 Å². The van der Waals surface area contributed by atoms with E-state index >= 15 is 0 Å². The summed E-state index contributed by atoms with van der Waals surface area (Å²) in [5.74, 6) is 0.385. The van der Waals surface area contributed by atoms with Crippen molar-refractivity contribution in [1.82, 2.24) is 5.32 Å². The minimum absolute atomic E-state index is 0.0206. The lowest BCUT2D eigenvalue weighted by atomic mass is 9.81. The molecule has 106 valence electrons. The number of hydrogen-bond donors (Lipinski definition) is 2. The number of aliphatic hydroxyl groups excluding tert-OH is 1. The molecule has 0 spiro atoms. The standard InChI is InChI=1S/C15H22FNO2/c1-2-19-15-4-3-12(9-14(15)16)13(10-18)11-5-7-17-8-6-11/h3-4,9,11,13,17-18H,2,5-8,10H2,1H3. The molecular weight excluding hydrogens is 245 g/mol. The van der Waals surface area contributed by atoms with E-state index in [1.165, 1.54) is 6.07 Å². The molecule has 4 heteroatoms. The van der Waals surface area contributed by atoms with E-state index in [9.17, 15) is 9.50 Å². The van der Waals surface area contributed by atoms with E-state index in [1.807, 2.05) is 13.0 Å². The number of rotatable bonds is 5. The largest absolute Gasteiger partial charge is 0.491 e. The van der Waals surface area contributed by atoms with E-state index in [1.54, 1.807) is 6.07 Å². The molecule has 0 aliphatic carbocycles. The third-order valence-corrected chi connectivity index (χ3v) is 3.83. The van der Waals surface area contributed by atoms with Crippen LogP contribution < -0.4 is 10.1 Å². The second kappa shape index (κ2) is 6.87. The molecule has 0 aromatic heterocycles. The lowest BCUT2D eigenvalue weighted by molar-refractivity contribution is 0.201. The SMILES string of the molecule is CCOc1ccc(C(CO)C2CCNCC2)cc1F. The van der Waals surface area contributed by atoms with Crippen LogP contribution in [0, 0.1) is 11.7 Å². The lowest BCUT2D eigenvalue weighted by Crippen LogP contribution is -2.32. The molecule has 3 nitrogen and oxygen atoms in total. The quantitative estimate of drug-likeness (QED) is 0.860. The third kappa shape index (κ3) is 3.45. The fourth-order valence-corrected chi connectivity index (χ4v) is 2.79. The van der Waals surface area contributed by atoms with Crippen molar-refractivity contribution >= 4 is 0 Å². The highest BCUT2D eigenvalue weighted by Gasteiger charge is 2.25. The molecule has 0 bridgehead atoms. The van der Waals surface area contributed by atoms with Gasteiger partial charge in [-0.1, -0.05) is 6.07 Å². The van der Waals surface area contributed by atoms with Crippen molar-refractivity contribution < 1.29 is 14.2 Å². The van der Waals surface area contributed by atoms with E-state index in [0.717, 1.165) is 31.5 Å². The summed E-state index contributed by atoms with van der Waals surface area (Å²) in [4.78, 5) is 0. The molecule has 2 rings (SSSR count). The van der Waals surface area contributed by atoms with Gasteiger partial charge in [0.1, 0.15) is 0 Å². The van der Waals surface area contributed by atoms with Gasteiger partial charge in [-0.05, 0) is 56.5 Å². The van der Waals surface area contributed by atoms with Crippen LogP contribution in [0.5, 0.6) is 5.75 Å². The van der Waals surface area contributed by atoms with E-state index in [4.69, 9.17) is 4.74 Å². The maximum Gasteiger partial charge on any atom is 0.165 e. The Labute approximate surface area is 113 Å². The van der Waals surface area contributed by atoms with Crippen molar-refractivity contribution in [2.24, 2.45) is 5.92 Å². The molecule has 1 aromatic rings. The molecule has 0 saturated carbocycles. The van der Waals surface area contributed by atoms with Gasteiger partial charge in [-0.25, -0.2) is 4.39 Å². The number of aliphatic hydroxyl groups is 1. The lowest BCUT2D eigenvalue weighted by Gasteiger charge is -2.30. The van der Waals surface area contributed by atoms with Gasteiger partial charge in [-0.15, -0.1) is 0 Å². The number of nitrogens with one attached hydrogen (secondary N) is 1. The molecule has 1 fully saturated rings. The first-order chi connectivity index (χ1) is 9.26. The number of ether oxygens (including phenoxy) is 1. The van der Waals surface area contributed by atoms with Crippen LogP contribution in [-0.4, -0.2) is 31.4 Å². The van der Waals surface area contributed by atoms with Gasteiger partial charge in [0.25, 0.3) is 0 Å². The Morgan fingerprint density at radius 1 is 1.42 bits per heavy atom. The Balaban J connectivity index is 2.15. The summed E-state index contributed by atoms with van der Waals surface area (Å²) in [6.45, 7) is 4.30. The third-order valence-electron chi connectivity index (χ3n) is 3.83. The first-order valence-electron chi connectivity index (χ1n) is 7.00. The molecule has 1 unspecified atom stereocenters. The second-order valence-electron chi connectivity index (χ2n) is 5.00. The Morgan fingerprint density at radius 2 is 2.16 bits per heavy atom. The summed E-state index contributed by atoms with van der Waals surface area (Å²) in [5, 5.41) is 12.9. The fourth-order valence-electron chi connectivity index (χ4n) is 2.79. The van der Waals surface area contributed by atoms with Gasteiger partial charge in [0.15, 0.2) is 11.6 Å². The van der Waals surface area contributed by atoms with Crippen molar-refractivity contribution in [3.05, 3.63) is 29.6 Å². The number of halogens is 1. The minimum Gasteiger partial charge on any atom is -0.491 e. The predicted molar refractivity (Wildman–Crippen MR) is 73.0 cm³/mol. The van der Waals surface area contributed by atoms with Crippen LogP contribution in [0.2, 0.25) is 0 Å². The van der Waals surface area contributed by atoms with E-state index in [0.29, 0.717) is 12.5 Å². The Bertz CT molecular complexity index is 405. The molecule has 0 radical (unpaired) electrons. The number of piperidine rings is 1. The maximum absolute atomic E-state index is 13.9. The summed E-state index contributed by atoms with van der Waals surface area (Å²) >= 11 is 0. The highest BCUT2D eigenvalue weighted by Crippen LogP contribution is 2.32. The molecule has 1 aromatic carbocycles. The first-order valence-corrected chi connectivity index (χ1v) is 7.00. The van der Waals surface area contributed by atoms with Crippen molar-refractivity contribution in [1.29, 1.82) is 0 Å². The minimum atomic E-state index is -0.341. The molecule has 1 heterocycles. The highest BCUT2D eigenvalue weighted by atomic mass is 19.1. The van der Waals surface area contributed by atoms with Crippen LogP contribution in [0.25, 0.3) is 0 Å². The summed E-state index contributed by atoms with van der Waals surface area (Å²) in [6.07, 6.45) is 2.06. The zero-order valence-corrected chi connectivity index (χ0v) is 11.4. The molecular formula is C15H22FNO2. The van der Waals surface area contributed by atoms with E-state index in [2.05, 4.69) is 5.32 Å². The second-order valence-corrected chi connectivity index (χ2v) is 5.00. The van der Waals surface area contributed by atoms with Gasteiger partial charge in [0.05, 0.1) is 13.2 Å². The monoisotopic (exact) mass is 267 g/mol. The van der Waals surface area contributed by atoms with Crippen LogP contribution >= 0.6 is 0 Å². The Morgan fingerprint density at radius 3 is 2.74 bits per heavy atom. The van der Waals surface area contributed by atoms with Crippen LogP contribution in [0.1, 0.15) is 31.2 Å². The Kier molecular flexibility index (Phi) is 5.16. The molecule has 0 amide bonds. The topological polar surface area (TPSA) is 41.5 Å². The average Bonchev–Trinajstić information content (AvgIpc) is 2.44. The molecule has 19 heavy (non-hydrogen) atoms. The smallest absolute Gasteiger partial charge is 0.165 e. The van der Waals surface area contributed by atoms with E-state index < -0.39 is 0 Å². The van der Waals surface area contributed by atoms with Gasteiger partial charge < -0.3 is 15.2 Å². The van der Waals surface area contributed by atoms with Gasteiger partial charge in [0.2, 0.25) is 0 Å². The van der Waals surface area contributed by atoms with Gasteiger partial charge in [-0.2, -0.15) is 0 Å². The zero-order valence-electron chi connectivity index (χ0n) is 11.4. The van der Waals surface area contributed by atoms with Gasteiger partial charge in [-0.3, -0.25) is 0 Å². The van der Waals surface area contributed by atoms with Gasteiger partial charge in [0, 0.05) is 5.92 Å². The first kappa shape index (κ1) is 14.3. The number of hydrogen-bond acceptors (Lipinski definition) is 3. The highest BCUT2D eigenvalue weighted by molar-refractivity contribution is 5.31. The molecule has 1 aliphatic heterocycles. The van der Waals surface area contributed by atoms with Crippen molar-refractivity contribution in [2.75, 3.05) is 26.3 Å². The molecule has 2 N–H and O–H groups in total.